The molecule has 0 radical (unpaired) electrons. The van der Waals surface area contributed by atoms with Crippen LogP contribution in [0.2, 0.25) is 0 Å². The van der Waals surface area contributed by atoms with Gasteiger partial charge in [0, 0.05) is 18.3 Å². The van der Waals surface area contributed by atoms with Gasteiger partial charge < -0.3 is 4.74 Å². The van der Waals surface area contributed by atoms with Crippen molar-refractivity contribution in [3.8, 4) is 17.0 Å². The first-order chi connectivity index (χ1) is 7.72. The molecule has 0 fully saturated rings. The summed E-state index contributed by atoms with van der Waals surface area (Å²) >= 11 is 0. The SMILES string of the molecule is COc1cc(F)cc(F)c1-c1ccccn1. The molecule has 0 bridgehead atoms. The average molecular weight is 221 g/mol. The van der Waals surface area contributed by atoms with Crippen molar-refractivity contribution in [2.75, 3.05) is 7.11 Å². The lowest BCUT2D eigenvalue weighted by atomic mass is 10.1. The molecule has 0 saturated heterocycles. The van der Waals surface area contributed by atoms with Gasteiger partial charge in [-0.15, -0.1) is 0 Å². The van der Waals surface area contributed by atoms with Crippen molar-refractivity contribution in [3.63, 3.8) is 0 Å². The quantitative estimate of drug-likeness (QED) is 0.777. The van der Waals surface area contributed by atoms with E-state index in [-0.39, 0.29) is 11.3 Å². The van der Waals surface area contributed by atoms with Gasteiger partial charge in [0.05, 0.1) is 18.4 Å². The van der Waals surface area contributed by atoms with Crippen molar-refractivity contribution in [3.05, 3.63) is 48.2 Å². The molecule has 0 unspecified atom stereocenters. The molecule has 4 heteroatoms. The van der Waals surface area contributed by atoms with Gasteiger partial charge in [0.2, 0.25) is 0 Å². The molecular formula is C12H9F2NO. The van der Waals surface area contributed by atoms with Crippen LogP contribution in [0.4, 0.5) is 8.78 Å². The van der Waals surface area contributed by atoms with E-state index < -0.39 is 11.6 Å². The first kappa shape index (κ1) is 10.5. The fourth-order valence-corrected chi connectivity index (χ4v) is 1.47. The largest absolute Gasteiger partial charge is 0.496 e. The number of halogens is 2. The van der Waals surface area contributed by atoms with Crippen molar-refractivity contribution < 1.29 is 13.5 Å². The number of aromatic nitrogens is 1. The van der Waals surface area contributed by atoms with Gasteiger partial charge in [-0.05, 0) is 12.1 Å². The molecule has 0 aliphatic heterocycles. The Morgan fingerprint density at radius 1 is 1.19 bits per heavy atom. The maximum absolute atomic E-state index is 13.6. The first-order valence-electron chi connectivity index (χ1n) is 4.67. The normalized spacial score (nSPS) is 10.2. The summed E-state index contributed by atoms with van der Waals surface area (Å²) in [6.07, 6.45) is 1.54. The van der Waals surface area contributed by atoms with Crippen molar-refractivity contribution in [1.29, 1.82) is 0 Å². The Kier molecular flexibility index (Phi) is 2.81. The second-order valence-corrected chi connectivity index (χ2v) is 3.18. The minimum Gasteiger partial charge on any atom is -0.496 e. The van der Waals surface area contributed by atoms with Gasteiger partial charge in [-0.1, -0.05) is 6.07 Å². The number of methoxy groups -OCH3 is 1. The summed E-state index contributed by atoms with van der Waals surface area (Å²) < 4.78 is 31.5. The number of pyridine rings is 1. The summed E-state index contributed by atoms with van der Waals surface area (Å²) in [6.45, 7) is 0. The molecule has 0 amide bonds. The highest BCUT2D eigenvalue weighted by molar-refractivity contribution is 5.67. The van der Waals surface area contributed by atoms with Crippen LogP contribution in [0.5, 0.6) is 5.75 Å². The van der Waals surface area contributed by atoms with Crippen LogP contribution in [0.1, 0.15) is 0 Å². The van der Waals surface area contributed by atoms with E-state index in [2.05, 4.69) is 4.98 Å². The second-order valence-electron chi connectivity index (χ2n) is 3.18. The topological polar surface area (TPSA) is 22.1 Å². The van der Waals surface area contributed by atoms with Gasteiger partial charge in [0.25, 0.3) is 0 Å². The molecule has 0 atom stereocenters. The third kappa shape index (κ3) is 1.86. The van der Waals surface area contributed by atoms with Crippen LogP contribution in [-0.4, -0.2) is 12.1 Å². The highest BCUT2D eigenvalue weighted by Gasteiger charge is 2.14. The third-order valence-electron chi connectivity index (χ3n) is 2.16. The van der Waals surface area contributed by atoms with E-state index in [1.807, 2.05) is 0 Å². The van der Waals surface area contributed by atoms with Gasteiger partial charge in [-0.2, -0.15) is 0 Å². The summed E-state index contributed by atoms with van der Waals surface area (Å²) in [6, 6.07) is 7.03. The molecule has 2 rings (SSSR count). The second kappa shape index (κ2) is 4.26. The average Bonchev–Trinajstić information content (AvgIpc) is 2.29. The Morgan fingerprint density at radius 3 is 2.62 bits per heavy atom. The lowest BCUT2D eigenvalue weighted by Crippen LogP contribution is -1.95. The first-order valence-corrected chi connectivity index (χ1v) is 4.67. The molecule has 0 aliphatic rings. The summed E-state index contributed by atoms with van der Waals surface area (Å²) in [5.41, 5.74) is 0.585. The predicted molar refractivity (Wildman–Crippen MR) is 56.1 cm³/mol. The Bertz CT molecular complexity index is 500. The van der Waals surface area contributed by atoms with Crippen molar-refractivity contribution in [2.45, 2.75) is 0 Å². The number of nitrogens with zero attached hydrogens (tertiary/aromatic N) is 1. The standard InChI is InChI=1S/C12H9F2NO/c1-16-11-7-8(13)6-9(14)12(11)10-4-2-3-5-15-10/h2-7H,1H3. The van der Waals surface area contributed by atoms with Gasteiger partial charge in [-0.3, -0.25) is 4.98 Å². The van der Waals surface area contributed by atoms with Crippen LogP contribution in [-0.2, 0) is 0 Å². The Balaban J connectivity index is 2.64. The van der Waals surface area contributed by atoms with E-state index in [4.69, 9.17) is 4.74 Å². The fraction of sp³-hybridized carbons (Fsp3) is 0.0833. The van der Waals surface area contributed by atoms with Gasteiger partial charge in [0.15, 0.2) is 0 Å². The zero-order chi connectivity index (χ0) is 11.5. The maximum atomic E-state index is 13.6. The molecule has 1 heterocycles. The predicted octanol–water partition coefficient (Wildman–Crippen LogP) is 3.04. The van der Waals surface area contributed by atoms with E-state index in [9.17, 15) is 8.78 Å². The van der Waals surface area contributed by atoms with Crippen LogP contribution in [0.15, 0.2) is 36.5 Å². The number of benzene rings is 1. The molecule has 0 saturated carbocycles. The maximum Gasteiger partial charge on any atom is 0.139 e. The molecular weight excluding hydrogens is 212 g/mol. The third-order valence-corrected chi connectivity index (χ3v) is 2.16. The minimum atomic E-state index is -0.685. The summed E-state index contributed by atoms with van der Waals surface area (Å²) in [4.78, 5) is 4.01. The summed E-state index contributed by atoms with van der Waals surface area (Å²) in [7, 11) is 1.36. The smallest absolute Gasteiger partial charge is 0.139 e. The van der Waals surface area contributed by atoms with E-state index in [1.54, 1.807) is 18.2 Å². The highest BCUT2D eigenvalue weighted by Crippen LogP contribution is 2.31. The van der Waals surface area contributed by atoms with Gasteiger partial charge in [-0.25, -0.2) is 8.78 Å². The Morgan fingerprint density at radius 2 is 2.00 bits per heavy atom. The molecule has 2 aromatic rings. The summed E-state index contributed by atoms with van der Waals surface area (Å²) in [5, 5.41) is 0. The minimum absolute atomic E-state index is 0.135. The van der Waals surface area contributed by atoms with Crippen molar-refractivity contribution >= 4 is 0 Å². The van der Waals surface area contributed by atoms with Crippen LogP contribution in [0.25, 0.3) is 11.3 Å². The molecule has 1 aromatic carbocycles. The van der Waals surface area contributed by atoms with Crippen molar-refractivity contribution in [1.82, 2.24) is 4.98 Å². The van der Waals surface area contributed by atoms with E-state index in [0.29, 0.717) is 5.69 Å². The van der Waals surface area contributed by atoms with Gasteiger partial charge >= 0.3 is 0 Å². The zero-order valence-corrected chi connectivity index (χ0v) is 8.58. The lowest BCUT2D eigenvalue weighted by Gasteiger charge is -2.08. The molecule has 0 aliphatic carbocycles. The molecule has 0 spiro atoms. The van der Waals surface area contributed by atoms with E-state index in [0.717, 1.165) is 12.1 Å². The fourth-order valence-electron chi connectivity index (χ4n) is 1.47. The number of ether oxygens (including phenoxy) is 1. The van der Waals surface area contributed by atoms with E-state index >= 15 is 0 Å². The van der Waals surface area contributed by atoms with Crippen LogP contribution < -0.4 is 4.74 Å². The van der Waals surface area contributed by atoms with Crippen LogP contribution in [0.3, 0.4) is 0 Å². The molecule has 16 heavy (non-hydrogen) atoms. The molecule has 2 nitrogen and oxygen atoms in total. The zero-order valence-electron chi connectivity index (χ0n) is 8.58. The van der Waals surface area contributed by atoms with Crippen LogP contribution >= 0.6 is 0 Å². The van der Waals surface area contributed by atoms with Crippen LogP contribution in [0, 0.1) is 11.6 Å². The Labute approximate surface area is 91.5 Å². The number of hydrogen-bond acceptors (Lipinski definition) is 2. The molecule has 82 valence electrons. The highest BCUT2D eigenvalue weighted by atomic mass is 19.1. The number of hydrogen-bond donors (Lipinski definition) is 0. The van der Waals surface area contributed by atoms with Crippen molar-refractivity contribution in [2.24, 2.45) is 0 Å². The number of rotatable bonds is 2. The lowest BCUT2D eigenvalue weighted by molar-refractivity contribution is 0.409. The molecule has 0 N–H and O–H groups in total. The van der Waals surface area contributed by atoms with Gasteiger partial charge in [0.1, 0.15) is 17.4 Å². The monoisotopic (exact) mass is 221 g/mol. The van der Waals surface area contributed by atoms with E-state index in [1.165, 1.54) is 13.3 Å². The summed E-state index contributed by atoms with van der Waals surface area (Å²) in [5.74, 6) is -1.22. The Hall–Kier alpha value is -1.97. The molecule has 1 aromatic heterocycles.